The van der Waals surface area contributed by atoms with Crippen molar-refractivity contribution >= 4 is 11.7 Å². The Hall–Kier alpha value is -2.81. The first-order chi connectivity index (χ1) is 9.11. The van der Waals surface area contributed by atoms with Crippen LogP contribution in [0.4, 0.5) is 5.69 Å². The molecule has 0 saturated carbocycles. The molecule has 1 aromatic carbocycles. The molecule has 0 spiro atoms. The lowest BCUT2D eigenvalue weighted by molar-refractivity contribution is -0.138. The van der Waals surface area contributed by atoms with Crippen LogP contribution in [0.2, 0.25) is 0 Å². The molecule has 1 aromatic heterocycles. The summed E-state index contributed by atoms with van der Waals surface area (Å²) >= 11 is 0. The number of hydrogen-bond donors (Lipinski definition) is 2. The zero-order chi connectivity index (χ0) is 13.8. The first kappa shape index (κ1) is 12.6. The summed E-state index contributed by atoms with van der Waals surface area (Å²) in [6.07, 6.45) is 3.11. The van der Waals surface area contributed by atoms with E-state index in [-0.39, 0.29) is 0 Å². The third kappa shape index (κ3) is 2.72. The number of aromatic nitrogens is 2. The highest BCUT2D eigenvalue weighted by Crippen LogP contribution is 2.22. The summed E-state index contributed by atoms with van der Waals surface area (Å²) in [6, 6.07) is 7.85. The van der Waals surface area contributed by atoms with Crippen molar-refractivity contribution in [1.82, 2.24) is 9.78 Å². The molecule has 0 aliphatic rings. The highest BCUT2D eigenvalue weighted by molar-refractivity contribution is 5.79. The van der Waals surface area contributed by atoms with E-state index in [0.29, 0.717) is 16.8 Å². The molecule has 6 heteroatoms. The van der Waals surface area contributed by atoms with Gasteiger partial charge >= 0.3 is 5.97 Å². The standard InChI is InChI=1S/C13H12N4O2/c1-17-8-10(7-15-17)12(13(18)19)16-11-5-3-2-4-9(11)6-14/h2-5,7-8,12,16H,1H3,(H,18,19). The maximum Gasteiger partial charge on any atom is 0.330 e. The summed E-state index contributed by atoms with van der Waals surface area (Å²) in [6.45, 7) is 0. The van der Waals surface area contributed by atoms with E-state index in [9.17, 15) is 9.90 Å². The van der Waals surface area contributed by atoms with Gasteiger partial charge in [-0.1, -0.05) is 12.1 Å². The van der Waals surface area contributed by atoms with Crippen molar-refractivity contribution in [3.05, 3.63) is 47.8 Å². The van der Waals surface area contributed by atoms with Gasteiger partial charge in [0.15, 0.2) is 6.04 Å². The monoisotopic (exact) mass is 256 g/mol. The number of aliphatic carboxylic acids is 1. The van der Waals surface area contributed by atoms with Gasteiger partial charge < -0.3 is 10.4 Å². The number of benzene rings is 1. The van der Waals surface area contributed by atoms with Crippen molar-refractivity contribution < 1.29 is 9.90 Å². The van der Waals surface area contributed by atoms with Gasteiger partial charge in [0, 0.05) is 18.8 Å². The number of aryl methyl sites for hydroxylation is 1. The fraction of sp³-hybridized carbons (Fsp3) is 0.154. The highest BCUT2D eigenvalue weighted by atomic mass is 16.4. The van der Waals surface area contributed by atoms with Gasteiger partial charge in [-0.25, -0.2) is 4.79 Å². The normalized spacial score (nSPS) is 11.6. The summed E-state index contributed by atoms with van der Waals surface area (Å²) in [5, 5.41) is 25.1. The first-order valence-corrected chi connectivity index (χ1v) is 5.59. The molecule has 0 radical (unpaired) electrons. The van der Waals surface area contributed by atoms with Crippen LogP contribution in [0.15, 0.2) is 36.7 Å². The van der Waals surface area contributed by atoms with Gasteiger partial charge in [0.05, 0.1) is 17.4 Å². The number of nitrogens with zero attached hydrogens (tertiary/aromatic N) is 3. The predicted molar refractivity (Wildman–Crippen MR) is 68.4 cm³/mol. The van der Waals surface area contributed by atoms with E-state index in [0.717, 1.165) is 0 Å². The van der Waals surface area contributed by atoms with Gasteiger partial charge in [0.1, 0.15) is 6.07 Å². The Morgan fingerprint density at radius 1 is 1.53 bits per heavy atom. The number of carboxylic acids is 1. The Labute approximate surface area is 109 Å². The SMILES string of the molecule is Cn1cc(C(Nc2ccccc2C#N)C(=O)O)cn1. The molecule has 0 fully saturated rings. The van der Waals surface area contributed by atoms with Crippen LogP contribution in [-0.2, 0) is 11.8 Å². The molecule has 0 bridgehead atoms. The van der Waals surface area contributed by atoms with Crippen LogP contribution in [0.25, 0.3) is 0 Å². The van der Waals surface area contributed by atoms with Crippen molar-refractivity contribution in [2.24, 2.45) is 7.05 Å². The lowest BCUT2D eigenvalue weighted by Gasteiger charge is -2.15. The van der Waals surface area contributed by atoms with Crippen molar-refractivity contribution in [2.75, 3.05) is 5.32 Å². The van der Waals surface area contributed by atoms with E-state index in [4.69, 9.17) is 5.26 Å². The summed E-state index contributed by atoms with van der Waals surface area (Å²) in [4.78, 5) is 11.3. The zero-order valence-electron chi connectivity index (χ0n) is 10.2. The van der Waals surface area contributed by atoms with Crippen molar-refractivity contribution in [3.8, 4) is 6.07 Å². The minimum atomic E-state index is -1.03. The molecule has 6 nitrogen and oxygen atoms in total. The zero-order valence-corrected chi connectivity index (χ0v) is 10.2. The van der Waals surface area contributed by atoms with Crippen LogP contribution in [0.3, 0.4) is 0 Å². The number of para-hydroxylation sites is 1. The Bertz CT molecular complexity index is 642. The summed E-state index contributed by atoms with van der Waals surface area (Å²) < 4.78 is 1.53. The fourth-order valence-electron chi connectivity index (χ4n) is 1.74. The van der Waals surface area contributed by atoms with Crippen LogP contribution in [-0.4, -0.2) is 20.9 Å². The Morgan fingerprint density at radius 2 is 2.26 bits per heavy atom. The van der Waals surface area contributed by atoms with E-state index in [2.05, 4.69) is 10.4 Å². The third-order valence-electron chi connectivity index (χ3n) is 2.65. The minimum absolute atomic E-state index is 0.401. The maximum atomic E-state index is 11.3. The Kier molecular flexibility index (Phi) is 3.48. The smallest absolute Gasteiger partial charge is 0.330 e. The third-order valence-corrected chi connectivity index (χ3v) is 2.65. The predicted octanol–water partition coefficient (Wildman–Crippen LogP) is 1.53. The summed E-state index contributed by atoms with van der Waals surface area (Å²) in [5.41, 5.74) is 1.42. The van der Waals surface area contributed by atoms with Crippen molar-refractivity contribution in [2.45, 2.75) is 6.04 Å². The van der Waals surface area contributed by atoms with E-state index >= 15 is 0 Å². The number of nitrogens with one attached hydrogen (secondary N) is 1. The van der Waals surface area contributed by atoms with Crippen LogP contribution in [0.1, 0.15) is 17.2 Å². The van der Waals surface area contributed by atoms with E-state index < -0.39 is 12.0 Å². The summed E-state index contributed by atoms with van der Waals surface area (Å²) in [5.74, 6) is -1.03. The minimum Gasteiger partial charge on any atom is -0.479 e. The molecule has 1 heterocycles. The number of anilines is 1. The quantitative estimate of drug-likeness (QED) is 0.865. The summed E-state index contributed by atoms with van der Waals surface area (Å²) in [7, 11) is 1.71. The van der Waals surface area contributed by atoms with Crippen molar-refractivity contribution in [3.63, 3.8) is 0 Å². The molecule has 2 rings (SSSR count). The average Bonchev–Trinajstić information content (AvgIpc) is 2.82. The van der Waals surface area contributed by atoms with Crippen LogP contribution >= 0.6 is 0 Å². The first-order valence-electron chi connectivity index (χ1n) is 5.59. The number of hydrogen-bond acceptors (Lipinski definition) is 4. The molecule has 0 aliphatic heterocycles. The Balaban J connectivity index is 2.32. The van der Waals surface area contributed by atoms with E-state index in [1.807, 2.05) is 6.07 Å². The number of carbonyl (C=O) groups is 1. The topological polar surface area (TPSA) is 90.9 Å². The van der Waals surface area contributed by atoms with Crippen LogP contribution in [0, 0.1) is 11.3 Å². The van der Waals surface area contributed by atoms with Crippen LogP contribution in [0.5, 0.6) is 0 Å². The number of nitriles is 1. The molecule has 1 atom stereocenters. The second-order valence-electron chi connectivity index (χ2n) is 4.02. The highest BCUT2D eigenvalue weighted by Gasteiger charge is 2.22. The largest absolute Gasteiger partial charge is 0.479 e. The molecule has 2 aromatic rings. The molecule has 96 valence electrons. The number of carboxylic acid groups (broad SMARTS) is 1. The maximum absolute atomic E-state index is 11.3. The van der Waals surface area contributed by atoms with Gasteiger partial charge in [-0.15, -0.1) is 0 Å². The van der Waals surface area contributed by atoms with E-state index in [1.165, 1.54) is 10.9 Å². The fourth-order valence-corrected chi connectivity index (χ4v) is 1.74. The lowest BCUT2D eigenvalue weighted by atomic mass is 10.1. The van der Waals surface area contributed by atoms with E-state index in [1.54, 1.807) is 37.5 Å². The molecule has 2 N–H and O–H groups in total. The molecule has 1 unspecified atom stereocenters. The lowest BCUT2D eigenvalue weighted by Crippen LogP contribution is -2.20. The molecular formula is C13H12N4O2. The van der Waals surface area contributed by atoms with Gasteiger partial charge in [-0.05, 0) is 12.1 Å². The van der Waals surface area contributed by atoms with Crippen molar-refractivity contribution in [1.29, 1.82) is 5.26 Å². The van der Waals surface area contributed by atoms with Gasteiger partial charge in [-0.2, -0.15) is 10.4 Å². The number of rotatable bonds is 4. The van der Waals surface area contributed by atoms with Gasteiger partial charge in [0.25, 0.3) is 0 Å². The molecular weight excluding hydrogens is 244 g/mol. The van der Waals surface area contributed by atoms with Gasteiger partial charge in [-0.3, -0.25) is 4.68 Å². The molecule has 0 aliphatic carbocycles. The second-order valence-corrected chi connectivity index (χ2v) is 4.02. The second kappa shape index (κ2) is 5.23. The van der Waals surface area contributed by atoms with Gasteiger partial charge in [0.2, 0.25) is 0 Å². The van der Waals surface area contributed by atoms with Crippen LogP contribution < -0.4 is 5.32 Å². The molecule has 19 heavy (non-hydrogen) atoms. The molecule has 0 amide bonds. The molecule has 0 saturated heterocycles. The Morgan fingerprint density at radius 3 is 2.84 bits per heavy atom. The average molecular weight is 256 g/mol.